The molecule has 1 aliphatic heterocycles. The number of hydrogen-bond donors (Lipinski definition) is 1. The summed E-state index contributed by atoms with van der Waals surface area (Å²) in [4.78, 5) is 25.1. The van der Waals surface area contributed by atoms with Crippen molar-refractivity contribution in [3.8, 4) is 0 Å². The zero-order valence-electron chi connectivity index (χ0n) is 12.7. The van der Waals surface area contributed by atoms with Gasteiger partial charge in [-0.2, -0.15) is 0 Å². The lowest BCUT2D eigenvalue weighted by Crippen LogP contribution is -2.37. The molecule has 2 amide bonds. The van der Waals surface area contributed by atoms with Gasteiger partial charge < -0.3 is 15.0 Å². The lowest BCUT2D eigenvalue weighted by atomic mass is 10.1. The van der Waals surface area contributed by atoms with Crippen LogP contribution in [-0.4, -0.2) is 42.1 Å². The van der Waals surface area contributed by atoms with Crippen molar-refractivity contribution >= 4 is 12.0 Å². The largest absolute Gasteiger partial charge is 0.444 e. The number of ether oxygens (including phenoxy) is 1. The second-order valence-corrected chi connectivity index (χ2v) is 6.48. The molecule has 0 saturated carbocycles. The van der Waals surface area contributed by atoms with Gasteiger partial charge in [-0.25, -0.2) is 4.79 Å². The first kappa shape index (κ1) is 15.8. The fraction of sp³-hybridized carbons (Fsp3) is 0.857. The number of nitrogens with one attached hydrogen (secondary N) is 1. The summed E-state index contributed by atoms with van der Waals surface area (Å²) in [6, 6.07) is 0. The maximum Gasteiger partial charge on any atom is 0.410 e. The van der Waals surface area contributed by atoms with E-state index >= 15 is 0 Å². The van der Waals surface area contributed by atoms with E-state index in [0.717, 1.165) is 6.42 Å². The molecule has 0 bridgehead atoms. The summed E-state index contributed by atoms with van der Waals surface area (Å²) in [7, 11) is 0. The summed E-state index contributed by atoms with van der Waals surface area (Å²) in [5, 5.41) is 2.91. The standard InChI is InChI=1S/C14H26N2O3/c1-10(2)12(17)15-8-11-6-7-16(9-11)13(18)19-14(3,4)5/h10-11H,6-9H2,1-5H3,(H,15,17)/t11-/m0/s1. The summed E-state index contributed by atoms with van der Waals surface area (Å²) >= 11 is 0. The summed E-state index contributed by atoms with van der Waals surface area (Å²) in [6.45, 7) is 11.3. The Balaban J connectivity index is 2.34. The Bertz CT molecular complexity index is 334. The lowest BCUT2D eigenvalue weighted by Gasteiger charge is -2.24. The molecule has 19 heavy (non-hydrogen) atoms. The number of carbonyl (C=O) groups excluding carboxylic acids is 2. The Morgan fingerprint density at radius 2 is 2.00 bits per heavy atom. The highest BCUT2D eigenvalue weighted by molar-refractivity contribution is 5.77. The van der Waals surface area contributed by atoms with E-state index in [4.69, 9.17) is 4.74 Å². The number of nitrogens with zero attached hydrogens (tertiary/aromatic N) is 1. The lowest BCUT2D eigenvalue weighted by molar-refractivity contribution is -0.124. The van der Waals surface area contributed by atoms with Crippen molar-refractivity contribution in [1.29, 1.82) is 0 Å². The molecule has 0 aromatic heterocycles. The van der Waals surface area contributed by atoms with Gasteiger partial charge in [0.2, 0.25) is 5.91 Å². The van der Waals surface area contributed by atoms with Gasteiger partial charge in [0.15, 0.2) is 0 Å². The van der Waals surface area contributed by atoms with Crippen LogP contribution >= 0.6 is 0 Å². The van der Waals surface area contributed by atoms with Crippen molar-refractivity contribution in [2.75, 3.05) is 19.6 Å². The highest BCUT2D eigenvalue weighted by Crippen LogP contribution is 2.19. The molecule has 1 fully saturated rings. The number of carbonyl (C=O) groups is 2. The topological polar surface area (TPSA) is 58.6 Å². The smallest absolute Gasteiger partial charge is 0.410 e. The molecule has 1 N–H and O–H groups in total. The molecule has 1 aliphatic rings. The molecule has 5 nitrogen and oxygen atoms in total. The van der Waals surface area contributed by atoms with Crippen LogP contribution in [0.1, 0.15) is 41.0 Å². The summed E-state index contributed by atoms with van der Waals surface area (Å²) < 4.78 is 5.33. The SMILES string of the molecule is CC(C)C(=O)NC[C@@H]1CCN(C(=O)OC(C)(C)C)C1. The van der Waals surface area contributed by atoms with E-state index in [1.807, 2.05) is 34.6 Å². The van der Waals surface area contributed by atoms with Gasteiger partial charge in [-0.15, -0.1) is 0 Å². The van der Waals surface area contributed by atoms with Crippen molar-refractivity contribution in [3.63, 3.8) is 0 Å². The first-order valence-corrected chi connectivity index (χ1v) is 6.94. The van der Waals surface area contributed by atoms with Crippen LogP contribution in [0.25, 0.3) is 0 Å². The molecule has 0 spiro atoms. The van der Waals surface area contributed by atoms with E-state index in [1.54, 1.807) is 4.90 Å². The molecule has 0 unspecified atom stereocenters. The Morgan fingerprint density at radius 1 is 1.37 bits per heavy atom. The summed E-state index contributed by atoms with van der Waals surface area (Å²) in [6.07, 6.45) is 0.655. The van der Waals surface area contributed by atoms with Gasteiger partial charge in [0.25, 0.3) is 0 Å². The first-order valence-electron chi connectivity index (χ1n) is 6.94. The minimum absolute atomic E-state index is 0.00311. The van der Waals surface area contributed by atoms with E-state index in [1.165, 1.54) is 0 Å². The van der Waals surface area contributed by atoms with Gasteiger partial charge >= 0.3 is 6.09 Å². The number of amides is 2. The molecule has 5 heteroatoms. The maximum absolute atomic E-state index is 11.9. The Morgan fingerprint density at radius 3 is 2.53 bits per heavy atom. The first-order chi connectivity index (χ1) is 8.69. The van der Waals surface area contributed by atoms with E-state index in [-0.39, 0.29) is 17.9 Å². The normalized spacial score (nSPS) is 19.7. The van der Waals surface area contributed by atoms with Crippen molar-refractivity contribution < 1.29 is 14.3 Å². The molecule has 0 radical (unpaired) electrons. The van der Waals surface area contributed by atoms with Crippen molar-refractivity contribution in [2.45, 2.75) is 46.6 Å². The van der Waals surface area contributed by atoms with Crippen LogP contribution in [0, 0.1) is 11.8 Å². The van der Waals surface area contributed by atoms with Gasteiger partial charge in [-0.3, -0.25) is 4.79 Å². The summed E-state index contributed by atoms with van der Waals surface area (Å²) in [5.74, 6) is 0.397. The maximum atomic E-state index is 11.9. The third-order valence-electron chi connectivity index (χ3n) is 3.03. The van der Waals surface area contributed by atoms with Crippen LogP contribution in [0.15, 0.2) is 0 Å². The van der Waals surface area contributed by atoms with Gasteiger partial charge in [-0.1, -0.05) is 13.8 Å². The molecule has 0 aliphatic carbocycles. The van der Waals surface area contributed by atoms with Gasteiger partial charge in [0.05, 0.1) is 0 Å². The third kappa shape index (κ3) is 5.49. The molecule has 1 rings (SSSR count). The second-order valence-electron chi connectivity index (χ2n) is 6.48. The minimum Gasteiger partial charge on any atom is -0.444 e. The van der Waals surface area contributed by atoms with Gasteiger partial charge in [0.1, 0.15) is 5.60 Å². The summed E-state index contributed by atoms with van der Waals surface area (Å²) in [5.41, 5.74) is -0.457. The predicted molar refractivity (Wildman–Crippen MR) is 73.8 cm³/mol. The third-order valence-corrected chi connectivity index (χ3v) is 3.03. The van der Waals surface area contributed by atoms with Gasteiger partial charge in [-0.05, 0) is 33.1 Å². The highest BCUT2D eigenvalue weighted by atomic mass is 16.6. The average Bonchev–Trinajstić information content (AvgIpc) is 2.71. The minimum atomic E-state index is -0.457. The fourth-order valence-corrected chi connectivity index (χ4v) is 1.94. The Kier molecular flexibility index (Phi) is 5.20. The second kappa shape index (κ2) is 6.26. The number of rotatable bonds is 3. The molecular weight excluding hydrogens is 244 g/mol. The molecule has 110 valence electrons. The highest BCUT2D eigenvalue weighted by Gasteiger charge is 2.29. The molecular formula is C14H26N2O3. The quantitative estimate of drug-likeness (QED) is 0.853. The molecule has 0 aromatic carbocycles. The van der Waals surface area contributed by atoms with Crippen molar-refractivity contribution in [2.24, 2.45) is 11.8 Å². The van der Waals surface area contributed by atoms with Crippen LogP contribution in [0.5, 0.6) is 0 Å². The molecule has 1 saturated heterocycles. The van der Waals surface area contributed by atoms with Crippen molar-refractivity contribution in [1.82, 2.24) is 10.2 Å². The fourth-order valence-electron chi connectivity index (χ4n) is 1.94. The van der Waals surface area contributed by atoms with Crippen LogP contribution in [0.4, 0.5) is 4.79 Å². The van der Waals surface area contributed by atoms with E-state index < -0.39 is 5.60 Å². The zero-order chi connectivity index (χ0) is 14.6. The number of likely N-dealkylation sites (tertiary alicyclic amines) is 1. The Labute approximate surface area is 115 Å². The monoisotopic (exact) mass is 270 g/mol. The van der Waals surface area contributed by atoms with Crippen LogP contribution < -0.4 is 5.32 Å². The van der Waals surface area contributed by atoms with E-state index in [0.29, 0.717) is 25.6 Å². The predicted octanol–water partition coefficient (Wildman–Crippen LogP) is 2.02. The average molecular weight is 270 g/mol. The Hall–Kier alpha value is -1.26. The molecule has 1 heterocycles. The molecule has 0 aromatic rings. The van der Waals surface area contributed by atoms with E-state index in [2.05, 4.69) is 5.32 Å². The zero-order valence-corrected chi connectivity index (χ0v) is 12.7. The van der Waals surface area contributed by atoms with Crippen molar-refractivity contribution in [3.05, 3.63) is 0 Å². The van der Waals surface area contributed by atoms with Crippen LogP contribution in [-0.2, 0) is 9.53 Å². The van der Waals surface area contributed by atoms with Crippen LogP contribution in [0.3, 0.4) is 0 Å². The van der Waals surface area contributed by atoms with Crippen LogP contribution in [0.2, 0.25) is 0 Å². The number of hydrogen-bond acceptors (Lipinski definition) is 3. The van der Waals surface area contributed by atoms with Gasteiger partial charge in [0, 0.05) is 25.6 Å². The molecule has 1 atom stereocenters. The van der Waals surface area contributed by atoms with E-state index in [9.17, 15) is 9.59 Å².